The Morgan fingerprint density at radius 2 is 1.85 bits per heavy atom. The molecule has 0 radical (unpaired) electrons. The Balaban J connectivity index is 1.67. The second-order valence-electron chi connectivity index (χ2n) is 6.23. The summed E-state index contributed by atoms with van der Waals surface area (Å²) >= 11 is 0. The molecule has 0 unspecified atom stereocenters. The first kappa shape index (κ1) is 14.8. The van der Waals surface area contributed by atoms with Crippen LogP contribution >= 0.6 is 0 Å². The van der Waals surface area contributed by atoms with Crippen LogP contribution < -0.4 is 5.32 Å². The van der Waals surface area contributed by atoms with Crippen LogP contribution in [0.1, 0.15) is 38.3 Å². The number of rotatable bonds is 6. The second kappa shape index (κ2) is 6.71. The van der Waals surface area contributed by atoms with Crippen molar-refractivity contribution in [2.45, 2.75) is 45.7 Å². The number of nitrogens with zero attached hydrogens (tertiary/aromatic N) is 2. The van der Waals surface area contributed by atoms with Crippen LogP contribution in [0.5, 0.6) is 0 Å². The van der Waals surface area contributed by atoms with Gasteiger partial charge in [0.1, 0.15) is 0 Å². The molecule has 0 saturated carbocycles. The number of aryl methyl sites for hydroxylation is 1. The Bertz CT molecular complexity index is 509. The maximum absolute atomic E-state index is 4.41. The molecule has 1 aromatic heterocycles. The van der Waals surface area contributed by atoms with Crippen molar-refractivity contribution in [3.05, 3.63) is 53.9 Å². The molecule has 2 aromatic rings. The molecule has 0 aliphatic heterocycles. The highest BCUT2D eigenvalue weighted by Crippen LogP contribution is 2.13. The minimum absolute atomic E-state index is 0.0611. The summed E-state index contributed by atoms with van der Waals surface area (Å²) in [5.41, 5.74) is 2.72. The lowest BCUT2D eigenvalue weighted by Gasteiger charge is -2.18. The SMILES string of the molecule is CC(C)(C)n1cc(CNCCCc2ccccc2)cn1. The number of nitrogens with one attached hydrogen (secondary N) is 1. The third kappa shape index (κ3) is 4.49. The van der Waals surface area contributed by atoms with Crippen LogP contribution in [0.2, 0.25) is 0 Å². The molecule has 108 valence electrons. The summed E-state index contributed by atoms with van der Waals surface area (Å²) < 4.78 is 2.02. The monoisotopic (exact) mass is 271 g/mol. The number of hydrogen-bond acceptors (Lipinski definition) is 2. The van der Waals surface area contributed by atoms with Gasteiger partial charge in [-0.1, -0.05) is 30.3 Å². The van der Waals surface area contributed by atoms with E-state index >= 15 is 0 Å². The van der Waals surface area contributed by atoms with Crippen LogP contribution in [0.15, 0.2) is 42.7 Å². The zero-order chi connectivity index (χ0) is 14.4. The first-order valence-corrected chi connectivity index (χ1v) is 7.34. The van der Waals surface area contributed by atoms with E-state index < -0.39 is 0 Å². The highest BCUT2D eigenvalue weighted by molar-refractivity contribution is 5.14. The highest BCUT2D eigenvalue weighted by Gasteiger charge is 2.13. The molecule has 0 saturated heterocycles. The minimum Gasteiger partial charge on any atom is -0.313 e. The first-order chi connectivity index (χ1) is 9.55. The average Bonchev–Trinajstić information content (AvgIpc) is 2.88. The normalized spacial score (nSPS) is 11.8. The minimum atomic E-state index is 0.0611. The quantitative estimate of drug-likeness (QED) is 0.816. The molecule has 0 aliphatic rings. The average molecular weight is 271 g/mol. The Morgan fingerprint density at radius 3 is 2.50 bits per heavy atom. The molecule has 0 amide bonds. The highest BCUT2D eigenvalue weighted by atomic mass is 15.3. The summed E-state index contributed by atoms with van der Waals surface area (Å²) in [6.45, 7) is 8.42. The van der Waals surface area contributed by atoms with E-state index in [1.807, 2.05) is 10.9 Å². The fourth-order valence-electron chi connectivity index (χ4n) is 2.11. The van der Waals surface area contributed by atoms with Crippen molar-refractivity contribution in [1.29, 1.82) is 0 Å². The fraction of sp³-hybridized carbons (Fsp3) is 0.471. The van der Waals surface area contributed by atoms with Gasteiger partial charge in [0.05, 0.1) is 11.7 Å². The molecule has 3 nitrogen and oxygen atoms in total. The van der Waals surface area contributed by atoms with Gasteiger partial charge in [0.15, 0.2) is 0 Å². The molecule has 20 heavy (non-hydrogen) atoms. The Hall–Kier alpha value is -1.61. The topological polar surface area (TPSA) is 29.9 Å². The van der Waals surface area contributed by atoms with Gasteiger partial charge in [-0.15, -0.1) is 0 Å². The van der Waals surface area contributed by atoms with Gasteiger partial charge >= 0.3 is 0 Å². The standard InChI is InChI=1S/C17H25N3/c1-17(2,3)20-14-16(13-19-20)12-18-11-7-10-15-8-5-4-6-9-15/h4-6,8-9,13-14,18H,7,10-12H2,1-3H3. The van der Waals surface area contributed by atoms with Crippen LogP contribution in [0.25, 0.3) is 0 Å². The first-order valence-electron chi connectivity index (χ1n) is 7.34. The molecule has 0 fully saturated rings. The van der Waals surface area contributed by atoms with Gasteiger partial charge < -0.3 is 5.32 Å². The fourth-order valence-corrected chi connectivity index (χ4v) is 2.11. The number of benzene rings is 1. The van der Waals surface area contributed by atoms with Gasteiger partial charge in [-0.3, -0.25) is 4.68 Å². The van der Waals surface area contributed by atoms with E-state index in [4.69, 9.17) is 0 Å². The summed E-state index contributed by atoms with van der Waals surface area (Å²) in [5.74, 6) is 0. The Morgan fingerprint density at radius 1 is 1.10 bits per heavy atom. The maximum atomic E-state index is 4.41. The predicted octanol–water partition coefficient (Wildman–Crippen LogP) is 3.36. The van der Waals surface area contributed by atoms with Crippen LogP contribution in [0, 0.1) is 0 Å². The van der Waals surface area contributed by atoms with Crippen LogP contribution in [-0.4, -0.2) is 16.3 Å². The largest absolute Gasteiger partial charge is 0.313 e. The molecule has 0 spiro atoms. The van der Waals surface area contributed by atoms with E-state index in [-0.39, 0.29) is 5.54 Å². The predicted molar refractivity (Wildman–Crippen MR) is 83.7 cm³/mol. The van der Waals surface area contributed by atoms with E-state index in [9.17, 15) is 0 Å². The third-order valence-electron chi connectivity index (χ3n) is 3.31. The summed E-state index contributed by atoms with van der Waals surface area (Å²) in [6, 6.07) is 10.6. The lowest BCUT2D eigenvalue weighted by molar-refractivity contribution is 0.355. The lowest BCUT2D eigenvalue weighted by Crippen LogP contribution is -2.22. The van der Waals surface area contributed by atoms with Gasteiger partial charge in [-0.25, -0.2) is 0 Å². The van der Waals surface area contributed by atoms with Crippen molar-refractivity contribution in [2.75, 3.05) is 6.54 Å². The second-order valence-corrected chi connectivity index (χ2v) is 6.23. The Kier molecular flexibility index (Phi) is 4.96. The number of aromatic nitrogens is 2. The molecular formula is C17H25N3. The van der Waals surface area contributed by atoms with Crippen LogP contribution in [0.4, 0.5) is 0 Å². The lowest BCUT2D eigenvalue weighted by atomic mass is 10.1. The van der Waals surface area contributed by atoms with Crippen molar-refractivity contribution in [1.82, 2.24) is 15.1 Å². The molecular weight excluding hydrogens is 246 g/mol. The van der Waals surface area contributed by atoms with Gasteiger partial charge in [0.2, 0.25) is 0 Å². The van der Waals surface area contributed by atoms with Crippen molar-refractivity contribution in [2.24, 2.45) is 0 Å². The van der Waals surface area contributed by atoms with E-state index in [1.165, 1.54) is 11.1 Å². The molecule has 2 rings (SSSR count). The summed E-state index contributed by atoms with van der Waals surface area (Å²) in [7, 11) is 0. The van der Waals surface area contributed by atoms with Crippen LogP contribution in [0.3, 0.4) is 0 Å². The molecule has 3 heteroatoms. The molecule has 0 bridgehead atoms. The molecule has 1 aromatic carbocycles. The number of hydrogen-bond donors (Lipinski definition) is 1. The van der Waals surface area contributed by atoms with E-state index in [1.54, 1.807) is 0 Å². The van der Waals surface area contributed by atoms with E-state index in [0.29, 0.717) is 0 Å². The van der Waals surface area contributed by atoms with Crippen molar-refractivity contribution < 1.29 is 0 Å². The van der Waals surface area contributed by atoms with Crippen LogP contribution in [-0.2, 0) is 18.5 Å². The van der Waals surface area contributed by atoms with Crippen molar-refractivity contribution in [3.63, 3.8) is 0 Å². The molecule has 0 atom stereocenters. The molecule has 1 N–H and O–H groups in total. The van der Waals surface area contributed by atoms with Crippen molar-refractivity contribution >= 4 is 0 Å². The van der Waals surface area contributed by atoms with Gasteiger partial charge in [0.25, 0.3) is 0 Å². The summed E-state index contributed by atoms with van der Waals surface area (Å²) in [5, 5.41) is 7.89. The summed E-state index contributed by atoms with van der Waals surface area (Å²) in [6.07, 6.45) is 6.38. The van der Waals surface area contributed by atoms with E-state index in [0.717, 1.165) is 25.9 Å². The zero-order valence-corrected chi connectivity index (χ0v) is 12.8. The van der Waals surface area contributed by atoms with Crippen molar-refractivity contribution in [3.8, 4) is 0 Å². The van der Waals surface area contributed by atoms with Gasteiger partial charge in [0, 0.05) is 18.3 Å². The van der Waals surface area contributed by atoms with Gasteiger partial charge in [-0.05, 0) is 45.7 Å². The van der Waals surface area contributed by atoms with E-state index in [2.05, 4.69) is 67.7 Å². The summed E-state index contributed by atoms with van der Waals surface area (Å²) in [4.78, 5) is 0. The van der Waals surface area contributed by atoms with Gasteiger partial charge in [-0.2, -0.15) is 5.10 Å². The Labute approximate surface area is 122 Å². The maximum Gasteiger partial charge on any atom is 0.0543 e. The zero-order valence-electron chi connectivity index (χ0n) is 12.8. The molecule has 0 aliphatic carbocycles. The third-order valence-corrected chi connectivity index (χ3v) is 3.31. The molecule has 1 heterocycles. The smallest absolute Gasteiger partial charge is 0.0543 e.